The average Bonchev–Trinajstić information content (AvgIpc) is 3.04. The quantitative estimate of drug-likeness (QED) is 0.341. The van der Waals surface area contributed by atoms with E-state index in [4.69, 9.17) is 4.74 Å². The maximum atomic E-state index is 14.0. The third-order valence-electron chi connectivity index (χ3n) is 5.68. The molecule has 3 aromatic carbocycles. The molecule has 4 rings (SSSR count). The molecule has 1 aliphatic rings. The molecule has 0 aliphatic carbocycles. The first-order chi connectivity index (χ1) is 15.7. The topological polar surface area (TPSA) is 87.1 Å². The number of aromatic hydroxyl groups is 1. The molecule has 1 unspecified atom stereocenters. The van der Waals surface area contributed by atoms with Gasteiger partial charge < -0.3 is 14.9 Å². The summed E-state index contributed by atoms with van der Waals surface area (Å²) in [5.41, 5.74) is 2.51. The molecular formula is C26H22FNO5. The monoisotopic (exact) mass is 447 g/mol. The van der Waals surface area contributed by atoms with Gasteiger partial charge in [0.15, 0.2) is 0 Å². The van der Waals surface area contributed by atoms with Gasteiger partial charge in [0.2, 0.25) is 0 Å². The van der Waals surface area contributed by atoms with E-state index in [1.165, 1.54) is 36.3 Å². The van der Waals surface area contributed by atoms with Crippen molar-refractivity contribution in [3.63, 3.8) is 0 Å². The molecule has 1 fully saturated rings. The lowest BCUT2D eigenvalue weighted by Crippen LogP contribution is -2.30. The van der Waals surface area contributed by atoms with Crippen LogP contribution in [0.5, 0.6) is 11.5 Å². The number of Topliss-reactive ketones (excluding diaryl/α,β-unsaturated/α-hetero) is 1. The molecule has 7 heteroatoms. The Hall–Kier alpha value is -4.13. The van der Waals surface area contributed by atoms with Crippen molar-refractivity contribution < 1.29 is 28.9 Å². The zero-order chi connectivity index (χ0) is 23.9. The number of methoxy groups -OCH3 is 1. The minimum atomic E-state index is -1.00. The Balaban J connectivity index is 2.00. The fourth-order valence-corrected chi connectivity index (χ4v) is 4.14. The molecule has 3 aromatic rings. The van der Waals surface area contributed by atoms with Gasteiger partial charge in [-0.1, -0.05) is 29.8 Å². The van der Waals surface area contributed by atoms with Crippen LogP contribution in [0.25, 0.3) is 5.76 Å². The van der Waals surface area contributed by atoms with Crippen molar-refractivity contribution in [1.82, 2.24) is 0 Å². The lowest BCUT2D eigenvalue weighted by Gasteiger charge is -2.27. The first-order valence-electron chi connectivity index (χ1n) is 10.2. The van der Waals surface area contributed by atoms with Crippen molar-refractivity contribution in [1.29, 1.82) is 0 Å². The Labute approximate surface area is 190 Å². The number of amides is 1. The molecule has 0 radical (unpaired) electrons. The summed E-state index contributed by atoms with van der Waals surface area (Å²) in [4.78, 5) is 27.8. The Kier molecular flexibility index (Phi) is 5.64. The number of aliphatic hydroxyl groups is 1. The van der Waals surface area contributed by atoms with E-state index < -0.39 is 29.3 Å². The summed E-state index contributed by atoms with van der Waals surface area (Å²) in [5.74, 6) is -2.75. The van der Waals surface area contributed by atoms with Gasteiger partial charge in [0.05, 0.1) is 24.3 Å². The number of phenolic OH excluding ortho intramolecular Hbond substituents is 1. The summed E-state index contributed by atoms with van der Waals surface area (Å²) in [7, 11) is 1.36. The van der Waals surface area contributed by atoms with E-state index in [0.717, 1.165) is 17.2 Å². The van der Waals surface area contributed by atoms with E-state index in [-0.39, 0.29) is 22.6 Å². The van der Waals surface area contributed by atoms with E-state index in [2.05, 4.69) is 0 Å². The molecule has 33 heavy (non-hydrogen) atoms. The van der Waals surface area contributed by atoms with E-state index in [1.54, 1.807) is 18.2 Å². The van der Waals surface area contributed by atoms with Crippen LogP contribution in [0.1, 0.15) is 28.3 Å². The Morgan fingerprint density at radius 2 is 1.70 bits per heavy atom. The number of anilines is 1. The zero-order valence-corrected chi connectivity index (χ0v) is 18.3. The second kappa shape index (κ2) is 8.43. The number of carbonyl (C=O) groups is 2. The van der Waals surface area contributed by atoms with Crippen LogP contribution in [0.3, 0.4) is 0 Å². The van der Waals surface area contributed by atoms with Gasteiger partial charge in [0, 0.05) is 5.69 Å². The van der Waals surface area contributed by atoms with Crippen LogP contribution in [0.2, 0.25) is 0 Å². The molecule has 1 aliphatic heterocycles. The summed E-state index contributed by atoms with van der Waals surface area (Å²) in [6.45, 7) is 3.74. The van der Waals surface area contributed by atoms with Crippen LogP contribution in [-0.2, 0) is 9.59 Å². The number of ketones is 1. The maximum absolute atomic E-state index is 14.0. The van der Waals surface area contributed by atoms with E-state index >= 15 is 0 Å². The van der Waals surface area contributed by atoms with Gasteiger partial charge in [-0.15, -0.1) is 0 Å². The van der Waals surface area contributed by atoms with Crippen LogP contribution in [0.4, 0.5) is 10.1 Å². The van der Waals surface area contributed by atoms with Crippen molar-refractivity contribution in [2.75, 3.05) is 12.0 Å². The summed E-state index contributed by atoms with van der Waals surface area (Å²) in [6.07, 6.45) is 0. The molecule has 0 bridgehead atoms. The smallest absolute Gasteiger partial charge is 0.300 e. The molecule has 0 spiro atoms. The lowest BCUT2D eigenvalue weighted by molar-refractivity contribution is -0.132. The molecule has 168 valence electrons. The molecule has 1 saturated heterocycles. The molecular weight excluding hydrogens is 425 g/mol. The molecule has 6 nitrogen and oxygen atoms in total. The highest BCUT2D eigenvalue weighted by molar-refractivity contribution is 6.51. The Bertz CT molecular complexity index is 1300. The predicted molar refractivity (Wildman–Crippen MR) is 122 cm³/mol. The third kappa shape index (κ3) is 3.82. The number of ether oxygens (including phenoxy) is 1. The summed E-state index contributed by atoms with van der Waals surface area (Å²) in [6, 6.07) is 14.0. The minimum Gasteiger partial charge on any atom is -0.508 e. The average molecular weight is 447 g/mol. The van der Waals surface area contributed by atoms with Crippen molar-refractivity contribution in [2.24, 2.45) is 0 Å². The number of benzene rings is 3. The minimum absolute atomic E-state index is 0.00835. The molecule has 0 saturated carbocycles. The normalized spacial score (nSPS) is 17.5. The molecule has 1 heterocycles. The van der Waals surface area contributed by atoms with Gasteiger partial charge in [-0.3, -0.25) is 14.5 Å². The van der Waals surface area contributed by atoms with E-state index in [9.17, 15) is 24.2 Å². The van der Waals surface area contributed by atoms with Crippen molar-refractivity contribution in [2.45, 2.75) is 19.9 Å². The number of hydrogen-bond acceptors (Lipinski definition) is 5. The number of aryl methyl sites for hydroxylation is 2. The van der Waals surface area contributed by atoms with Gasteiger partial charge in [0.25, 0.3) is 11.7 Å². The van der Waals surface area contributed by atoms with E-state index in [1.807, 2.05) is 26.0 Å². The standard InChI is InChI=1S/C26H22FNO5/c1-14-4-10-20(15(2)12-14)28-23(16-5-8-18(29)9-6-16)22(25(31)26(28)32)24(30)19-13-17(27)7-11-21(19)33-3/h4-13,23,29-30H,1-3H3/b24-22+. The fraction of sp³-hybridized carbons (Fsp3) is 0.154. The van der Waals surface area contributed by atoms with Crippen molar-refractivity contribution in [3.05, 3.63) is 94.3 Å². The molecule has 0 aromatic heterocycles. The van der Waals surface area contributed by atoms with Crippen molar-refractivity contribution in [3.8, 4) is 11.5 Å². The number of phenols is 1. The summed E-state index contributed by atoms with van der Waals surface area (Å²) in [5, 5.41) is 20.9. The number of hydrogen-bond donors (Lipinski definition) is 2. The Morgan fingerprint density at radius 1 is 1.00 bits per heavy atom. The zero-order valence-electron chi connectivity index (χ0n) is 18.3. The van der Waals surface area contributed by atoms with Crippen LogP contribution in [0.15, 0.2) is 66.2 Å². The van der Waals surface area contributed by atoms with Gasteiger partial charge in [-0.05, 0) is 61.4 Å². The molecule has 1 atom stereocenters. The van der Waals surface area contributed by atoms with Gasteiger partial charge in [-0.2, -0.15) is 0 Å². The van der Waals surface area contributed by atoms with Gasteiger partial charge in [0.1, 0.15) is 23.1 Å². The second-order valence-corrected chi connectivity index (χ2v) is 7.90. The van der Waals surface area contributed by atoms with Crippen LogP contribution in [0, 0.1) is 19.7 Å². The largest absolute Gasteiger partial charge is 0.508 e. The predicted octanol–water partition coefficient (Wildman–Crippen LogP) is 4.78. The summed E-state index contributed by atoms with van der Waals surface area (Å²) >= 11 is 0. The summed E-state index contributed by atoms with van der Waals surface area (Å²) < 4.78 is 19.3. The first-order valence-corrected chi connectivity index (χ1v) is 10.2. The second-order valence-electron chi connectivity index (χ2n) is 7.90. The van der Waals surface area contributed by atoms with Crippen LogP contribution in [-0.4, -0.2) is 29.0 Å². The number of aliphatic hydroxyl groups excluding tert-OH is 1. The maximum Gasteiger partial charge on any atom is 0.300 e. The van der Waals surface area contributed by atoms with Gasteiger partial charge in [-0.25, -0.2) is 4.39 Å². The number of rotatable bonds is 4. The molecule has 2 N–H and O–H groups in total. The Morgan fingerprint density at radius 3 is 2.33 bits per heavy atom. The SMILES string of the molecule is COc1ccc(F)cc1/C(O)=C1\C(=O)C(=O)N(c2ccc(C)cc2C)C1c1ccc(O)cc1. The van der Waals surface area contributed by atoms with Crippen LogP contribution < -0.4 is 9.64 Å². The van der Waals surface area contributed by atoms with Gasteiger partial charge >= 0.3 is 0 Å². The van der Waals surface area contributed by atoms with Crippen LogP contribution >= 0.6 is 0 Å². The third-order valence-corrected chi connectivity index (χ3v) is 5.68. The number of carbonyl (C=O) groups excluding carboxylic acids is 2. The highest BCUT2D eigenvalue weighted by Gasteiger charge is 2.47. The van der Waals surface area contributed by atoms with Crippen molar-refractivity contribution >= 4 is 23.1 Å². The number of nitrogens with zero attached hydrogens (tertiary/aromatic N) is 1. The number of halogens is 1. The molecule has 1 amide bonds. The lowest BCUT2D eigenvalue weighted by atomic mass is 9.94. The van der Waals surface area contributed by atoms with E-state index in [0.29, 0.717) is 11.3 Å². The highest BCUT2D eigenvalue weighted by atomic mass is 19.1. The highest BCUT2D eigenvalue weighted by Crippen LogP contribution is 2.44. The fourth-order valence-electron chi connectivity index (χ4n) is 4.14. The first kappa shape index (κ1) is 22.1.